The summed E-state index contributed by atoms with van der Waals surface area (Å²) in [7, 11) is 1.77. The van der Waals surface area contributed by atoms with Crippen molar-refractivity contribution in [1.82, 2.24) is 5.32 Å². The molecule has 0 aromatic heterocycles. The highest BCUT2D eigenvalue weighted by molar-refractivity contribution is 4.96. The first-order valence-corrected chi connectivity index (χ1v) is 5.71. The Hall–Kier alpha value is -0.120. The normalized spacial score (nSPS) is 31.5. The van der Waals surface area contributed by atoms with Crippen LogP contribution in [0.1, 0.15) is 33.1 Å². The van der Waals surface area contributed by atoms with Gasteiger partial charge < -0.3 is 14.8 Å². The van der Waals surface area contributed by atoms with E-state index in [2.05, 4.69) is 19.2 Å². The van der Waals surface area contributed by atoms with Crippen LogP contribution < -0.4 is 5.32 Å². The van der Waals surface area contributed by atoms with E-state index in [1.807, 2.05) is 0 Å². The van der Waals surface area contributed by atoms with E-state index in [0.717, 1.165) is 26.0 Å². The fourth-order valence-corrected chi connectivity index (χ4v) is 1.90. The fraction of sp³-hybridized carbons (Fsp3) is 1.00. The Bertz CT molecular complexity index is 150. The van der Waals surface area contributed by atoms with Gasteiger partial charge in [0.25, 0.3) is 0 Å². The molecule has 84 valence electrons. The third kappa shape index (κ3) is 2.94. The number of hydrogen-bond acceptors (Lipinski definition) is 3. The van der Waals surface area contributed by atoms with Crippen molar-refractivity contribution in [3.63, 3.8) is 0 Å². The van der Waals surface area contributed by atoms with Crippen molar-refractivity contribution < 1.29 is 9.47 Å². The fourth-order valence-electron chi connectivity index (χ4n) is 1.90. The van der Waals surface area contributed by atoms with Gasteiger partial charge in [0.2, 0.25) is 0 Å². The minimum atomic E-state index is 0.256. The van der Waals surface area contributed by atoms with E-state index in [4.69, 9.17) is 9.47 Å². The van der Waals surface area contributed by atoms with Gasteiger partial charge in [-0.1, -0.05) is 20.3 Å². The first kappa shape index (κ1) is 12.0. The van der Waals surface area contributed by atoms with Gasteiger partial charge in [0.15, 0.2) is 0 Å². The Balaban J connectivity index is 2.16. The summed E-state index contributed by atoms with van der Waals surface area (Å²) in [5.41, 5.74) is 0. The molecule has 14 heavy (non-hydrogen) atoms. The molecule has 1 aliphatic carbocycles. The Kier molecular flexibility index (Phi) is 5.45. The van der Waals surface area contributed by atoms with Gasteiger partial charge in [0, 0.05) is 19.8 Å². The van der Waals surface area contributed by atoms with Gasteiger partial charge in [-0.2, -0.15) is 0 Å². The maximum absolute atomic E-state index is 5.73. The molecule has 0 bridgehead atoms. The van der Waals surface area contributed by atoms with E-state index >= 15 is 0 Å². The van der Waals surface area contributed by atoms with Crippen molar-refractivity contribution in [2.24, 2.45) is 0 Å². The zero-order valence-corrected chi connectivity index (χ0v) is 9.58. The van der Waals surface area contributed by atoms with Crippen molar-refractivity contribution >= 4 is 0 Å². The van der Waals surface area contributed by atoms with Gasteiger partial charge >= 0.3 is 0 Å². The Morgan fingerprint density at radius 2 is 2.14 bits per heavy atom. The number of rotatable bonds is 7. The topological polar surface area (TPSA) is 30.5 Å². The van der Waals surface area contributed by atoms with Crippen LogP contribution >= 0.6 is 0 Å². The summed E-state index contributed by atoms with van der Waals surface area (Å²) in [6.45, 7) is 6.18. The van der Waals surface area contributed by atoms with Gasteiger partial charge in [-0.25, -0.2) is 0 Å². The van der Waals surface area contributed by atoms with Crippen LogP contribution in [0.2, 0.25) is 0 Å². The maximum atomic E-state index is 5.73. The minimum absolute atomic E-state index is 0.256. The highest BCUT2D eigenvalue weighted by atomic mass is 16.5. The molecule has 3 atom stereocenters. The maximum Gasteiger partial charge on any atom is 0.0986 e. The van der Waals surface area contributed by atoms with Crippen molar-refractivity contribution in [2.75, 3.05) is 20.3 Å². The van der Waals surface area contributed by atoms with Crippen LogP contribution in [-0.2, 0) is 9.47 Å². The van der Waals surface area contributed by atoms with Crippen LogP contribution in [0.5, 0.6) is 0 Å². The Labute approximate surface area is 87.2 Å². The summed E-state index contributed by atoms with van der Waals surface area (Å²) >= 11 is 0. The van der Waals surface area contributed by atoms with Gasteiger partial charge in [-0.3, -0.25) is 0 Å². The molecule has 1 saturated carbocycles. The first-order chi connectivity index (χ1) is 6.83. The predicted octanol–water partition coefficient (Wildman–Crippen LogP) is 1.57. The summed E-state index contributed by atoms with van der Waals surface area (Å²) < 4.78 is 11.1. The highest BCUT2D eigenvalue weighted by Crippen LogP contribution is 2.26. The third-order valence-electron chi connectivity index (χ3n) is 2.82. The Morgan fingerprint density at radius 1 is 1.36 bits per heavy atom. The molecule has 0 aromatic carbocycles. The minimum Gasteiger partial charge on any atom is -0.377 e. The lowest BCUT2D eigenvalue weighted by molar-refractivity contribution is -0.133. The summed E-state index contributed by atoms with van der Waals surface area (Å²) in [5, 5.41) is 3.40. The van der Waals surface area contributed by atoms with E-state index in [0.29, 0.717) is 12.1 Å². The smallest absolute Gasteiger partial charge is 0.0986 e. The van der Waals surface area contributed by atoms with Crippen LogP contribution in [0.25, 0.3) is 0 Å². The lowest BCUT2D eigenvalue weighted by Crippen LogP contribution is -2.59. The average Bonchev–Trinajstić information content (AvgIpc) is 2.16. The van der Waals surface area contributed by atoms with Crippen molar-refractivity contribution in [2.45, 2.75) is 51.4 Å². The summed E-state index contributed by atoms with van der Waals surface area (Å²) in [5.74, 6) is 0. The molecule has 1 fully saturated rings. The number of nitrogens with one attached hydrogen (secondary N) is 1. The van der Waals surface area contributed by atoms with Crippen LogP contribution in [-0.4, -0.2) is 38.5 Å². The molecule has 3 nitrogen and oxygen atoms in total. The molecule has 3 heteroatoms. The zero-order valence-electron chi connectivity index (χ0n) is 9.58. The molecule has 1 rings (SSSR count). The second-order valence-electron chi connectivity index (χ2n) is 3.86. The summed E-state index contributed by atoms with van der Waals surface area (Å²) in [4.78, 5) is 0. The predicted molar refractivity (Wildman–Crippen MR) is 57.5 cm³/mol. The number of hydrogen-bond donors (Lipinski definition) is 1. The quantitative estimate of drug-likeness (QED) is 0.634. The van der Waals surface area contributed by atoms with Gasteiger partial charge in [-0.15, -0.1) is 0 Å². The largest absolute Gasteiger partial charge is 0.377 e. The van der Waals surface area contributed by atoms with Crippen LogP contribution in [0.4, 0.5) is 0 Å². The number of ether oxygens (including phenoxy) is 2. The molecule has 3 unspecified atom stereocenters. The number of methoxy groups -OCH3 is 1. The molecular weight excluding hydrogens is 178 g/mol. The lowest BCUT2D eigenvalue weighted by Gasteiger charge is -2.43. The molecule has 0 amide bonds. The van der Waals surface area contributed by atoms with Gasteiger partial charge in [-0.05, 0) is 19.4 Å². The standard InChI is InChI=1S/C11H23NO2/c1-4-6-7-14-10-8-9(12-5-2)11(10)13-3/h9-12H,4-8H2,1-3H3. The SMILES string of the molecule is CCCCOC1CC(NCC)C1OC. The molecule has 0 heterocycles. The molecule has 0 saturated heterocycles. The van der Waals surface area contributed by atoms with E-state index in [1.165, 1.54) is 6.42 Å². The van der Waals surface area contributed by atoms with E-state index in [9.17, 15) is 0 Å². The Morgan fingerprint density at radius 3 is 2.71 bits per heavy atom. The van der Waals surface area contributed by atoms with Crippen LogP contribution in [0.15, 0.2) is 0 Å². The number of likely N-dealkylation sites (N-methyl/N-ethyl adjacent to an activating group) is 1. The van der Waals surface area contributed by atoms with Crippen molar-refractivity contribution in [3.8, 4) is 0 Å². The second-order valence-corrected chi connectivity index (χ2v) is 3.86. The first-order valence-electron chi connectivity index (χ1n) is 5.71. The van der Waals surface area contributed by atoms with E-state index in [1.54, 1.807) is 7.11 Å². The monoisotopic (exact) mass is 201 g/mol. The molecule has 0 radical (unpaired) electrons. The lowest BCUT2D eigenvalue weighted by atomic mass is 9.85. The summed E-state index contributed by atoms with van der Waals surface area (Å²) in [6, 6.07) is 0.497. The highest BCUT2D eigenvalue weighted by Gasteiger charge is 2.41. The molecule has 1 N–H and O–H groups in total. The zero-order chi connectivity index (χ0) is 10.4. The molecule has 1 aliphatic rings. The molecule has 0 aliphatic heterocycles. The van der Waals surface area contributed by atoms with Crippen LogP contribution in [0.3, 0.4) is 0 Å². The molecule has 0 aromatic rings. The third-order valence-corrected chi connectivity index (χ3v) is 2.82. The molecular formula is C11H23NO2. The van der Waals surface area contributed by atoms with Crippen molar-refractivity contribution in [1.29, 1.82) is 0 Å². The van der Waals surface area contributed by atoms with Gasteiger partial charge in [0.1, 0.15) is 0 Å². The average molecular weight is 201 g/mol. The van der Waals surface area contributed by atoms with Crippen molar-refractivity contribution in [3.05, 3.63) is 0 Å². The van der Waals surface area contributed by atoms with Crippen LogP contribution in [0, 0.1) is 0 Å². The number of unbranched alkanes of at least 4 members (excludes halogenated alkanes) is 1. The van der Waals surface area contributed by atoms with Gasteiger partial charge in [0.05, 0.1) is 12.2 Å². The van der Waals surface area contributed by atoms with E-state index in [-0.39, 0.29) is 6.10 Å². The summed E-state index contributed by atoms with van der Waals surface area (Å²) in [6.07, 6.45) is 4.01. The molecule has 0 spiro atoms. The second kappa shape index (κ2) is 6.38. The van der Waals surface area contributed by atoms with E-state index < -0.39 is 0 Å².